The van der Waals surface area contributed by atoms with Crippen LogP contribution >= 0.6 is 11.8 Å². The smallest absolute Gasteiger partial charge is 0.451 e. The monoisotopic (exact) mass is 350 g/mol. The first-order valence-electron chi connectivity index (χ1n) is 7.07. The predicted molar refractivity (Wildman–Crippen MR) is 87.1 cm³/mol. The number of aromatic nitrogens is 2. The molecule has 0 aliphatic carbocycles. The van der Waals surface area contributed by atoms with E-state index in [1.54, 1.807) is 31.4 Å². The maximum atomic E-state index is 13.0. The van der Waals surface area contributed by atoms with E-state index in [0.29, 0.717) is 16.2 Å². The van der Waals surface area contributed by atoms with E-state index in [9.17, 15) is 13.2 Å². The molecule has 0 saturated heterocycles. The van der Waals surface area contributed by atoms with E-state index >= 15 is 0 Å². The van der Waals surface area contributed by atoms with Gasteiger partial charge in [0.1, 0.15) is 10.8 Å². The number of hydrogen-bond donors (Lipinski definition) is 0. The molecular formula is C17H13F3N2OS. The van der Waals surface area contributed by atoms with Gasteiger partial charge in [-0.25, -0.2) is 9.97 Å². The first kappa shape index (κ1) is 16.6. The molecule has 3 nitrogen and oxygen atoms in total. The third kappa shape index (κ3) is 3.62. The summed E-state index contributed by atoms with van der Waals surface area (Å²) < 4.78 is 44.1. The van der Waals surface area contributed by atoms with Gasteiger partial charge in [0.2, 0.25) is 5.82 Å². The van der Waals surface area contributed by atoms with E-state index in [2.05, 4.69) is 9.97 Å². The SMILES string of the molecule is COc1ccc(CSc2nc(C(F)(F)F)nc3ccccc23)cc1. The summed E-state index contributed by atoms with van der Waals surface area (Å²) in [6.45, 7) is 0. The van der Waals surface area contributed by atoms with Crippen molar-refractivity contribution < 1.29 is 17.9 Å². The highest BCUT2D eigenvalue weighted by molar-refractivity contribution is 7.98. The fourth-order valence-corrected chi connectivity index (χ4v) is 3.13. The Morgan fingerprint density at radius 2 is 1.71 bits per heavy atom. The number of rotatable bonds is 4. The van der Waals surface area contributed by atoms with Crippen LogP contribution in [0.5, 0.6) is 5.75 Å². The Morgan fingerprint density at radius 1 is 1.00 bits per heavy atom. The zero-order valence-electron chi connectivity index (χ0n) is 12.7. The Hall–Kier alpha value is -2.28. The molecule has 0 aliphatic rings. The standard InChI is InChI=1S/C17H13F3N2OS/c1-23-12-8-6-11(7-9-12)10-24-15-13-4-2-3-5-14(13)21-16(22-15)17(18,19)20/h2-9H,10H2,1H3. The van der Waals surface area contributed by atoms with Crippen molar-refractivity contribution in [2.24, 2.45) is 0 Å². The Balaban J connectivity index is 1.92. The van der Waals surface area contributed by atoms with Gasteiger partial charge in [-0.15, -0.1) is 11.8 Å². The lowest BCUT2D eigenvalue weighted by molar-refractivity contribution is -0.145. The number of fused-ring (bicyclic) bond motifs is 1. The van der Waals surface area contributed by atoms with Gasteiger partial charge in [0.25, 0.3) is 0 Å². The Morgan fingerprint density at radius 3 is 2.38 bits per heavy atom. The molecule has 1 aromatic heterocycles. The molecule has 0 aliphatic heterocycles. The number of thioether (sulfide) groups is 1. The summed E-state index contributed by atoms with van der Waals surface area (Å²) in [5.74, 6) is 0.122. The predicted octanol–water partition coefficient (Wildman–Crippen LogP) is 4.95. The number of alkyl halides is 3. The lowest BCUT2D eigenvalue weighted by Gasteiger charge is -2.10. The highest BCUT2D eigenvalue weighted by Gasteiger charge is 2.35. The van der Waals surface area contributed by atoms with Gasteiger partial charge in [-0.1, -0.05) is 30.3 Å². The number of benzene rings is 2. The van der Waals surface area contributed by atoms with E-state index in [0.717, 1.165) is 11.3 Å². The van der Waals surface area contributed by atoms with Crippen LogP contribution in [0, 0.1) is 0 Å². The van der Waals surface area contributed by atoms with Crippen LogP contribution in [0.25, 0.3) is 10.9 Å². The highest BCUT2D eigenvalue weighted by atomic mass is 32.2. The van der Waals surface area contributed by atoms with Crippen molar-refractivity contribution in [3.63, 3.8) is 0 Å². The van der Waals surface area contributed by atoms with Crippen LogP contribution in [0.4, 0.5) is 13.2 Å². The molecule has 0 atom stereocenters. The minimum atomic E-state index is -4.57. The van der Waals surface area contributed by atoms with E-state index < -0.39 is 12.0 Å². The number of para-hydroxylation sites is 1. The minimum absolute atomic E-state index is 0.289. The maximum Gasteiger partial charge on any atom is 0.451 e. The van der Waals surface area contributed by atoms with E-state index in [-0.39, 0.29) is 5.52 Å². The Bertz CT molecular complexity index is 851. The second-order valence-corrected chi connectivity index (χ2v) is 5.97. The van der Waals surface area contributed by atoms with Gasteiger partial charge in [-0.2, -0.15) is 13.2 Å². The van der Waals surface area contributed by atoms with Gasteiger partial charge >= 0.3 is 6.18 Å². The summed E-state index contributed by atoms with van der Waals surface area (Å²) in [5, 5.41) is 0.938. The molecule has 24 heavy (non-hydrogen) atoms. The third-order valence-electron chi connectivity index (χ3n) is 3.36. The van der Waals surface area contributed by atoms with Crippen LogP contribution < -0.4 is 4.74 Å². The number of hydrogen-bond acceptors (Lipinski definition) is 4. The number of halogens is 3. The lowest BCUT2D eigenvalue weighted by Crippen LogP contribution is -2.11. The van der Waals surface area contributed by atoms with Crippen LogP contribution in [-0.4, -0.2) is 17.1 Å². The van der Waals surface area contributed by atoms with Gasteiger partial charge < -0.3 is 4.74 Å². The molecule has 1 heterocycles. The van der Waals surface area contributed by atoms with Gasteiger partial charge in [-0.3, -0.25) is 0 Å². The summed E-state index contributed by atoms with van der Waals surface area (Å²) in [4.78, 5) is 7.34. The van der Waals surface area contributed by atoms with Crippen molar-refractivity contribution in [2.75, 3.05) is 7.11 Å². The van der Waals surface area contributed by atoms with Gasteiger partial charge in [0.15, 0.2) is 0 Å². The first-order chi connectivity index (χ1) is 11.5. The Kier molecular flexibility index (Phi) is 4.62. The molecular weight excluding hydrogens is 337 g/mol. The van der Waals surface area contributed by atoms with Gasteiger partial charge in [0, 0.05) is 11.1 Å². The molecule has 7 heteroatoms. The normalized spacial score (nSPS) is 11.7. The van der Waals surface area contributed by atoms with Crippen LogP contribution in [0.3, 0.4) is 0 Å². The van der Waals surface area contributed by atoms with Crippen LogP contribution in [0.1, 0.15) is 11.4 Å². The Labute approximate surface area is 140 Å². The molecule has 2 aromatic carbocycles. The van der Waals surface area contributed by atoms with Crippen LogP contribution in [-0.2, 0) is 11.9 Å². The highest BCUT2D eigenvalue weighted by Crippen LogP contribution is 2.33. The van der Waals surface area contributed by atoms with Crippen molar-refractivity contribution in [3.8, 4) is 5.75 Å². The summed E-state index contributed by atoms with van der Waals surface area (Å²) >= 11 is 1.25. The molecule has 3 rings (SSSR count). The molecule has 0 radical (unpaired) electrons. The first-order valence-corrected chi connectivity index (χ1v) is 8.05. The molecule has 0 amide bonds. The van der Waals surface area contributed by atoms with Crippen LogP contribution in [0.15, 0.2) is 53.6 Å². The fraction of sp³-hybridized carbons (Fsp3) is 0.176. The molecule has 0 N–H and O–H groups in total. The minimum Gasteiger partial charge on any atom is -0.497 e. The van der Waals surface area contributed by atoms with Crippen molar-refractivity contribution in [2.45, 2.75) is 17.0 Å². The van der Waals surface area contributed by atoms with E-state index in [1.807, 2.05) is 24.3 Å². The number of nitrogens with zero attached hydrogens (tertiary/aromatic N) is 2. The molecule has 0 spiro atoms. The van der Waals surface area contributed by atoms with Crippen molar-refractivity contribution >= 4 is 22.7 Å². The third-order valence-corrected chi connectivity index (χ3v) is 4.42. The second kappa shape index (κ2) is 6.68. The van der Waals surface area contributed by atoms with Gasteiger partial charge in [0.05, 0.1) is 12.6 Å². The maximum absolute atomic E-state index is 13.0. The van der Waals surface area contributed by atoms with Crippen LogP contribution in [0.2, 0.25) is 0 Å². The summed E-state index contributed by atoms with van der Waals surface area (Å²) in [6.07, 6.45) is -4.57. The van der Waals surface area contributed by atoms with Gasteiger partial charge in [-0.05, 0) is 23.8 Å². The zero-order valence-corrected chi connectivity index (χ0v) is 13.5. The fourth-order valence-electron chi connectivity index (χ4n) is 2.16. The molecule has 0 bridgehead atoms. The average molecular weight is 350 g/mol. The van der Waals surface area contributed by atoms with E-state index in [4.69, 9.17) is 4.74 Å². The van der Waals surface area contributed by atoms with Crippen molar-refractivity contribution in [3.05, 3.63) is 59.9 Å². The molecule has 0 unspecified atom stereocenters. The number of methoxy groups -OCH3 is 1. The average Bonchev–Trinajstić information content (AvgIpc) is 2.59. The summed E-state index contributed by atoms with van der Waals surface area (Å²) in [5.41, 5.74) is 1.26. The zero-order chi connectivity index (χ0) is 17.2. The van der Waals surface area contributed by atoms with Crippen molar-refractivity contribution in [1.29, 1.82) is 0 Å². The molecule has 0 fully saturated rings. The topological polar surface area (TPSA) is 35.0 Å². The quantitative estimate of drug-likeness (QED) is 0.493. The largest absolute Gasteiger partial charge is 0.497 e. The lowest BCUT2D eigenvalue weighted by atomic mass is 10.2. The number of ether oxygens (including phenoxy) is 1. The second-order valence-electron chi connectivity index (χ2n) is 5.00. The summed E-state index contributed by atoms with van der Waals surface area (Å²) in [7, 11) is 1.58. The summed E-state index contributed by atoms with van der Waals surface area (Å²) in [6, 6.07) is 14.1. The molecule has 0 saturated carbocycles. The van der Waals surface area contributed by atoms with Crippen molar-refractivity contribution in [1.82, 2.24) is 9.97 Å². The van der Waals surface area contributed by atoms with E-state index in [1.165, 1.54) is 11.8 Å². The molecule has 124 valence electrons. The molecule has 3 aromatic rings.